The Balaban J connectivity index is 1.98. The van der Waals surface area contributed by atoms with Crippen LogP contribution in [0.3, 0.4) is 0 Å². The highest BCUT2D eigenvalue weighted by atomic mass is 16.5. The van der Waals surface area contributed by atoms with Crippen LogP contribution in [0.5, 0.6) is 5.75 Å². The van der Waals surface area contributed by atoms with Crippen LogP contribution in [-0.2, 0) is 17.8 Å². The van der Waals surface area contributed by atoms with Crippen molar-refractivity contribution in [2.45, 2.75) is 32.7 Å². The average molecular weight is 262 g/mol. The first kappa shape index (κ1) is 13.9. The molecule has 0 aromatic heterocycles. The van der Waals surface area contributed by atoms with Crippen molar-refractivity contribution in [3.8, 4) is 5.75 Å². The van der Waals surface area contributed by atoms with Crippen LogP contribution in [0.1, 0.15) is 30.9 Å². The lowest BCUT2D eigenvalue weighted by molar-refractivity contribution is -0.126. The van der Waals surface area contributed by atoms with Crippen molar-refractivity contribution in [2.75, 3.05) is 13.7 Å². The Morgan fingerprint density at radius 1 is 1.47 bits per heavy atom. The molecule has 1 aliphatic rings. The van der Waals surface area contributed by atoms with Crippen LogP contribution in [0, 0.1) is 5.41 Å². The van der Waals surface area contributed by atoms with E-state index in [-0.39, 0.29) is 11.3 Å². The lowest BCUT2D eigenvalue weighted by Crippen LogP contribution is -2.36. The minimum absolute atomic E-state index is 0.0869. The number of carbonyl (C=O) groups excluding carboxylic acids is 1. The van der Waals surface area contributed by atoms with Gasteiger partial charge in [0.25, 0.3) is 0 Å². The molecular weight excluding hydrogens is 240 g/mol. The van der Waals surface area contributed by atoms with Crippen LogP contribution in [0.15, 0.2) is 18.2 Å². The van der Waals surface area contributed by atoms with E-state index in [4.69, 9.17) is 10.5 Å². The van der Waals surface area contributed by atoms with Crippen molar-refractivity contribution in [1.29, 1.82) is 0 Å². The van der Waals surface area contributed by atoms with E-state index in [2.05, 4.69) is 18.3 Å². The number of hydrogen-bond donors (Lipinski definition) is 2. The molecule has 0 heterocycles. The number of amides is 1. The maximum absolute atomic E-state index is 12.0. The van der Waals surface area contributed by atoms with Gasteiger partial charge in [-0.2, -0.15) is 0 Å². The van der Waals surface area contributed by atoms with Gasteiger partial charge >= 0.3 is 0 Å². The molecule has 4 nitrogen and oxygen atoms in total. The van der Waals surface area contributed by atoms with Gasteiger partial charge in [-0.05, 0) is 36.5 Å². The monoisotopic (exact) mass is 262 g/mol. The molecule has 1 aromatic carbocycles. The van der Waals surface area contributed by atoms with Gasteiger partial charge in [0.05, 0.1) is 12.5 Å². The zero-order valence-electron chi connectivity index (χ0n) is 11.7. The molecular formula is C15H22N2O2. The number of aryl methyl sites for hydroxylation is 1. The summed E-state index contributed by atoms with van der Waals surface area (Å²) in [5.74, 6) is 0.988. The molecule has 0 atom stereocenters. The van der Waals surface area contributed by atoms with Crippen LogP contribution in [-0.4, -0.2) is 19.6 Å². The van der Waals surface area contributed by atoms with E-state index in [1.807, 2.05) is 12.1 Å². The van der Waals surface area contributed by atoms with E-state index in [0.717, 1.165) is 36.1 Å². The second-order valence-corrected chi connectivity index (χ2v) is 5.17. The molecule has 1 saturated carbocycles. The summed E-state index contributed by atoms with van der Waals surface area (Å²) in [5, 5.41) is 2.98. The summed E-state index contributed by atoms with van der Waals surface area (Å²) in [4.78, 5) is 12.0. The summed E-state index contributed by atoms with van der Waals surface area (Å²) in [5.41, 5.74) is 7.62. The molecule has 1 amide bonds. The van der Waals surface area contributed by atoms with Crippen molar-refractivity contribution >= 4 is 5.91 Å². The number of nitrogens with one attached hydrogen (secondary N) is 1. The zero-order valence-corrected chi connectivity index (χ0v) is 11.7. The molecule has 0 unspecified atom stereocenters. The third-order valence-electron chi connectivity index (χ3n) is 3.90. The van der Waals surface area contributed by atoms with Gasteiger partial charge in [0.2, 0.25) is 5.91 Å². The Morgan fingerprint density at radius 3 is 2.74 bits per heavy atom. The van der Waals surface area contributed by atoms with Gasteiger partial charge in [0.15, 0.2) is 0 Å². The summed E-state index contributed by atoms with van der Waals surface area (Å²) in [7, 11) is 1.67. The Kier molecular flexibility index (Phi) is 4.10. The normalized spacial score (nSPS) is 15.9. The third kappa shape index (κ3) is 2.89. The maximum Gasteiger partial charge on any atom is 0.227 e. The number of carbonyl (C=O) groups is 1. The topological polar surface area (TPSA) is 64.4 Å². The number of nitrogens with two attached hydrogens (primary N) is 1. The summed E-state index contributed by atoms with van der Waals surface area (Å²) in [6, 6.07) is 6.03. The van der Waals surface area contributed by atoms with Crippen LogP contribution in [0.4, 0.5) is 0 Å². The summed E-state index contributed by atoms with van der Waals surface area (Å²) in [6.45, 7) is 3.09. The molecule has 4 heteroatoms. The van der Waals surface area contributed by atoms with E-state index in [9.17, 15) is 4.79 Å². The van der Waals surface area contributed by atoms with Crippen molar-refractivity contribution in [3.63, 3.8) is 0 Å². The summed E-state index contributed by atoms with van der Waals surface area (Å²) < 4.78 is 5.29. The van der Waals surface area contributed by atoms with Crippen molar-refractivity contribution in [2.24, 2.45) is 11.1 Å². The minimum atomic E-state index is -0.278. The molecule has 0 aliphatic heterocycles. The predicted octanol–water partition coefficient (Wildman–Crippen LogP) is 1.61. The number of rotatable bonds is 6. The molecule has 2 rings (SSSR count). The second kappa shape index (κ2) is 5.61. The highest BCUT2D eigenvalue weighted by Crippen LogP contribution is 2.44. The zero-order chi connectivity index (χ0) is 13.9. The summed E-state index contributed by atoms with van der Waals surface area (Å²) in [6.07, 6.45) is 2.74. The molecule has 3 N–H and O–H groups in total. The molecule has 104 valence electrons. The van der Waals surface area contributed by atoms with E-state index in [1.54, 1.807) is 7.11 Å². The van der Waals surface area contributed by atoms with Gasteiger partial charge in [0.1, 0.15) is 5.75 Å². The van der Waals surface area contributed by atoms with Gasteiger partial charge in [-0.25, -0.2) is 0 Å². The van der Waals surface area contributed by atoms with Gasteiger partial charge in [-0.15, -0.1) is 0 Å². The molecule has 0 bridgehead atoms. The minimum Gasteiger partial charge on any atom is -0.496 e. The largest absolute Gasteiger partial charge is 0.496 e. The number of methoxy groups -OCH3 is 1. The first-order chi connectivity index (χ1) is 9.15. The fraction of sp³-hybridized carbons (Fsp3) is 0.533. The van der Waals surface area contributed by atoms with E-state index >= 15 is 0 Å². The Hall–Kier alpha value is -1.55. The standard InChI is InChI=1S/C15H22N2O2/c1-3-12-8-11(4-5-13(12)19-2)9-17-14(18)15(10-16)6-7-15/h4-5,8H,3,6-7,9-10,16H2,1-2H3,(H,17,18). The Labute approximate surface area is 114 Å². The molecule has 0 spiro atoms. The molecule has 1 fully saturated rings. The summed E-state index contributed by atoms with van der Waals surface area (Å²) >= 11 is 0. The van der Waals surface area contributed by atoms with Crippen LogP contribution >= 0.6 is 0 Å². The number of ether oxygens (including phenoxy) is 1. The first-order valence-corrected chi connectivity index (χ1v) is 6.79. The van der Waals surface area contributed by atoms with E-state index in [0.29, 0.717) is 13.1 Å². The van der Waals surface area contributed by atoms with E-state index in [1.165, 1.54) is 0 Å². The van der Waals surface area contributed by atoms with Crippen molar-refractivity contribution in [1.82, 2.24) is 5.32 Å². The molecule has 0 radical (unpaired) electrons. The SMILES string of the molecule is CCc1cc(CNC(=O)C2(CN)CC2)ccc1OC. The molecule has 19 heavy (non-hydrogen) atoms. The Bertz CT molecular complexity index is 467. The highest BCUT2D eigenvalue weighted by Gasteiger charge is 2.48. The van der Waals surface area contributed by atoms with Crippen LogP contribution in [0.2, 0.25) is 0 Å². The van der Waals surface area contributed by atoms with Crippen LogP contribution < -0.4 is 15.8 Å². The number of hydrogen-bond acceptors (Lipinski definition) is 3. The molecule has 1 aliphatic carbocycles. The second-order valence-electron chi connectivity index (χ2n) is 5.17. The fourth-order valence-electron chi connectivity index (χ4n) is 2.26. The average Bonchev–Trinajstić information content (AvgIpc) is 3.25. The van der Waals surface area contributed by atoms with Gasteiger partial charge in [0, 0.05) is 13.1 Å². The Morgan fingerprint density at radius 2 is 2.21 bits per heavy atom. The highest BCUT2D eigenvalue weighted by molar-refractivity contribution is 5.85. The predicted molar refractivity (Wildman–Crippen MR) is 74.9 cm³/mol. The van der Waals surface area contributed by atoms with Crippen molar-refractivity contribution in [3.05, 3.63) is 29.3 Å². The maximum atomic E-state index is 12.0. The smallest absolute Gasteiger partial charge is 0.227 e. The van der Waals surface area contributed by atoms with Gasteiger partial charge in [-0.3, -0.25) is 4.79 Å². The van der Waals surface area contributed by atoms with Crippen LogP contribution in [0.25, 0.3) is 0 Å². The van der Waals surface area contributed by atoms with Gasteiger partial charge in [-0.1, -0.05) is 19.1 Å². The van der Waals surface area contributed by atoms with E-state index < -0.39 is 0 Å². The van der Waals surface area contributed by atoms with Gasteiger partial charge < -0.3 is 15.8 Å². The lowest BCUT2D eigenvalue weighted by atomic mass is 10.1. The third-order valence-corrected chi connectivity index (χ3v) is 3.90. The molecule has 0 saturated heterocycles. The van der Waals surface area contributed by atoms with Crippen molar-refractivity contribution < 1.29 is 9.53 Å². The quantitative estimate of drug-likeness (QED) is 0.818. The molecule has 1 aromatic rings. The first-order valence-electron chi connectivity index (χ1n) is 6.79. The number of benzene rings is 1. The fourth-order valence-corrected chi connectivity index (χ4v) is 2.26. The lowest BCUT2D eigenvalue weighted by Gasteiger charge is -2.14.